The van der Waals surface area contributed by atoms with Crippen LogP contribution in [0.1, 0.15) is 30.0 Å². The smallest absolute Gasteiger partial charge is 0.0734 e. The Morgan fingerprint density at radius 2 is 1.03 bits per heavy atom. The van der Waals surface area contributed by atoms with E-state index in [4.69, 9.17) is 4.99 Å². The molecular weight excluding hydrogens is 875 g/mol. The van der Waals surface area contributed by atoms with Gasteiger partial charge in [0.25, 0.3) is 0 Å². The summed E-state index contributed by atoms with van der Waals surface area (Å²) >= 11 is 3.76. The lowest BCUT2D eigenvalue weighted by Gasteiger charge is -2.33. The minimum atomic E-state index is -0.422. The molecule has 1 atom stereocenters. The first-order chi connectivity index (χ1) is 34.0. The molecule has 0 fully saturated rings. The summed E-state index contributed by atoms with van der Waals surface area (Å²) in [5, 5.41) is 12.6. The van der Waals surface area contributed by atoms with E-state index in [1.807, 2.05) is 22.7 Å². The topological polar surface area (TPSA) is 22.2 Å². The third-order valence-electron chi connectivity index (χ3n) is 14.9. The van der Waals surface area contributed by atoms with Crippen molar-refractivity contribution in [3.8, 4) is 11.4 Å². The minimum Gasteiger partial charge on any atom is -0.309 e. The maximum absolute atomic E-state index is 5.87. The van der Waals surface area contributed by atoms with E-state index >= 15 is 0 Å². The zero-order chi connectivity index (χ0) is 45.4. The molecule has 0 bridgehead atoms. The SMILES string of the molecule is CC1(c2ccc3c(c2)c2ccccc2n3-c2ccccc2)C=C(c2ccc3c(sc4ccccc43)c2-n2c3ccccc3c3cc4ccccc4cc32)N=C(c2ccc3c(c2)sc2ccccc23)C1. The number of hydrogen-bond acceptors (Lipinski definition) is 3. The second-order valence-corrected chi connectivity index (χ2v) is 21.1. The largest absolute Gasteiger partial charge is 0.309 e. The van der Waals surface area contributed by atoms with E-state index in [9.17, 15) is 0 Å². The minimum absolute atomic E-state index is 0.422. The molecule has 0 saturated heterocycles. The van der Waals surface area contributed by atoms with Crippen molar-refractivity contribution in [1.82, 2.24) is 9.13 Å². The fourth-order valence-electron chi connectivity index (χ4n) is 11.6. The molecular formula is C64H41N3S2. The summed E-state index contributed by atoms with van der Waals surface area (Å²) in [6.45, 7) is 2.43. The van der Waals surface area contributed by atoms with E-state index in [0.717, 1.165) is 29.1 Å². The number of thiophene rings is 2. The molecule has 3 nitrogen and oxygen atoms in total. The van der Waals surface area contributed by atoms with Crippen LogP contribution in [0.4, 0.5) is 0 Å². The quantitative estimate of drug-likeness (QED) is 0.164. The standard InChI is InChI=1S/C64H41N3S2/c1-64(42-28-32-57-52(36-42)45-20-7-11-23-55(45)66(57)43-17-3-2-4-18-43)37-53(41-27-29-48-46-21-9-13-25-59(46)68-61(48)35-41)65-54(38-64)50-31-30-49-47-22-10-14-26-60(47)69-63(49)62(50)67-56-24-12-8-19-44(56)51-33-39-15-5-6-16-40(39)34-58(51)67/h2-36,38H,37H2,1H3. The van der Waals surface area contributed by atoms with Gasteiger partial charge in [-0.1, -0.05) is 146 Å². The molecule has 0 radical (unpaired) electrons. The number of aromatic nitrogens is 2. The summed E-state index contributed by atoms with van der Waals surface area (Å²) in [5.74, 6) is 0. The zero-order valence-electron chi connectivity index (χ0n) is 37.6. The maximum atomic E-state index is 5.87. The van der Waals surface area contributed by atoms with Gasteiger partial charge in [-0.3, -0.25) is 4.99 Å². The fourth-order valence-corrected chi connectivity index (χ4v) is 14.0. The Morgan fingerprint density at radius 1 is 0.435 bits per heavy atom. The van der Waals surface area contributed by atoms with Crippen LogP contribution < -0.4 is 0 Å². The summed E-state index contributed by atoms with van der Waals surface area (Å²) in [7, 11) is 0. The molecule has 15 rings (SSSR count). The van der Waals surface area contributed by atoms with Crippen molar-refractivity contribution in [2.45, 2.75) is 18.8 Å². The molecule has 0 saturated carbocycles. The Labute approximate surface area is 405 Å². The summed E-state index contributed by atoms with van der Waals surface area (Å²) in [6, 6.07) is 78.7. The van der Waals surface area contributed by atoms with Crippen LogP contribution >= 0.6 is 22.7 Å². The lowest BCUT2D eigenvalue weighted by Crippen LogP contribution is -2.27. The summed E-state index contributed by atoms with van der Waals surface area (Å²) in [6.07, 6.45) is 3.24. The van der Waals surface area contributed by atoms with Crippen molar-refractivity contribution in [3.05, 3.63) is 235 Å². The monoisotopic (exact) mass is 915 g/mol. The van der Waals surface area contributed by atoms with Gasteiger partial charge in [-0.15, -0.1) is 22.7 Å². The highest BCUT2D eigenvalue weighted by Gasteiger charge is 2.34. The van der Waals surface area contributed by atoms with Crippen LogP contribution in [-0.2, 0) is 5.41 Å². The Morgan fingerprint density at radius 3 is 1.81 bits per heavy atom. The normalized spacial score (nSPS) is 15.5. The van der Waals surface area contributed by atoms with Gasteiger partial charge < -0.3 is 9.13 Å². The molecule has 5 heteroatoms. The molecule has 4 aromatic heterocycles. The first kappa shape index (κ1) is 39.0. The van der Waals surface area contributed by atoms with Crippen molar-refractivity contribution in [2.24, 2.45) is 4.99 Å². The third-order valence-corrected chi connectivity index (χ3v) is 17.2. The first-order valence-corrected chi connectivity index (χ1v) is 25.4. The number of rotatable bonds is 5. The van der Waals surface area contributed by atoms with Crippen LogP contribution in [0.2, 0.25) is 0 Å². The number of allylic oxidation sites excluding steroid dienone is 1. The van der Waals surface area contributed by atoms with Crippen molar-refractivity contribution in [3.63, 3.8) is 0 Å². The number of fused-ring (bicyclic) bond motifs is 13. The molecule has 1 aliphatic heterocycles. The number of hydrogen-bond donors (Lipinski definition) is 0. The average molecular weight is 916 g/mol. The Balaban J connectivity index is 1.02. The second-order valence-electron chi connectivity index (χ2n) is 18.9. The molecule has 69 heavy (non-hydrogen) atoms. The molecule has 5 heterocycles. The number of benzene rings is 10. The number of aliphatic imine (C=N–C) groups is 1. The van der Waals surface area contributed by atoms with Crippen molar-refractivity contribution < 1.29 is 0 Å². The summed E-state index contributed by atoms with van der Waals surface area (Å²) in [5.41, 5.74) is 12.4. The van der Waals surface area contributed by atoms with Crippen LogP contribution in [0.3, 0.4) is 0 Å². The average Bonchev–Trinajstić information content (AvgIpc) is 4.15. The molecule has 10 aromatic carbocycles. The van der Waals surface area contributed by atoms with Gasteiger partial charge in [-0.05, 0) is 101 Å². The lowest BCUT2D eigenvalue weighted by atomic mass is 9.74. The zero-order valence-corrected chi connectivity index (χ0v) is 39.3. The van der Waals surface area contributed by atoms with Gasteiger partial charge in [-0.25, -0.2) is 0 Å². The number of para-hydroxylation sites is 3. The molecule has 0 spiro atoms. The molecule has 1 unspecified atom stereocenters. The Kier molecular flexibility index (Phi) is 8.30. The summed E-state index contributed by atoms with van der Waals surface area (Å²) in [4.78, 5) is 5.87. The molecule has 0 aliphatic carbocycles. The van der Waals surface area contributed by atoms with Gasteiger partial charge >= 0.3 is 0 Å². The highest BCUT2D eigenvalue weighted by molar-refractivity contribution is 7.26. The van der Waals surface area contributed by atoms with Crippen molar-refractivity contribution in [2.75, 3.05) is 0 Å². The van der Waals surface area contributed by atoms with Crippen LogP contribution in [0, 0.1) is 0 Å². The first-order valence-electron chi connectivity index (χ1n) is 23.7. The van der Waals surface area contributed by atoms with E-state index in [0.29, 0.717) is 0 Å². The van der Waals surface area contributed by atoms with Crippen LogP contribution in [-0.4, -0.2) is 14.8 Å². The van der Waals surface area contributed by atoms with Gasteiger partial charge in [-0.2, -0.15) is 0 Å². The highest BCUT2D eigenvalue weighted by Crippen LogP contribution is 2.48. The molecule has 1 aliphatic rings. The maximum Gasteiger partial charge on any atom is 0.0734 e. The second kappa shape index (κ2) is 14.7. The van der Waals surface area contributed by atoms with Gasteiger partial charge in [0.05, 0.1) is 38.2 Å². The Hall–Kier alpha value is -8.09. The van der Waals surface area contributed by atoms with Crippen molar-refractivity contribution >= 4 is 129 Å². The molecule has 14 aromatic rings. The van der Waals surface area contributed by atoms with E-state index < -0.39 is 5.41 Å². The van der Waals surface area contributed by atoms with Gasteiger partial charge in [0.15, 0.2) is 0 Å². The number of nitrogens with zero attached hydrogens (tertiary/aromatic N) is 3. The van der Waals surface area contributed by atoms with E-state index in [2.05, 4.69) is 234 Å². The molecule has 324 valence electrons. The predicted molar refractivity (Wildman–Crippen MR) is 298 cm³/mol. The third kappa shape index (κ3) is 5.81. The summed E-state index contributed by atoms with van der Waals surface area (Å²) < 4.78 is 10.1. The van der Waals surface area contributed by atoms with Crippen LogP contribution in [0.5, 0.6) is 0 Å². The lowest BCUT2D eigenvalue weighted by molar-refractivity contribution is 0.619. The Bertz CT molecular complexity index is 4540. The van der Waals surface area contributed by atoms with Gasteiger partial charge in [0.1, 0.15) is 0 Å². The van der Waals surface area contributed by atoms with Crippen LogP contribution in [0.25, 0.3) is 112 Å². The van der Waals surface area contributed by atoms with Gasteiger partial charge in [0.2, 0.25) is 0 Å². The van der Waals surface area contributed by atoms with Gasteiger partial charge in [0, 0.05) is 86.0 Å². The molecule has 0 N–H and O–H groups in total. The van der Waals surface area contributed by atoms with E-state index in [-0.39, 0.29) is 0 Å². The molecule has 0 amide bonds. The van der Waals surface area contributed by atoms with Crippen molar-refractivity contribution in [1.29, 1.82) is 0 Å². The van der Waals surface area contributed by atoms with E-state index in [1.54, 1.807) is 0 Å². The predicted octanol–water partition coefficient (Wildman–Crippen LogP) is 18.0. The van der Waals surface area contributed by atoms with Crippen LogP contribution in [0.15, 0.2) is 223 Å². The van der Waals surface area contributed by atoms with E-state index in [1.165, 1.54) is 112 Å². The highest BCUT2D eigenvalue weighted by atomic mass is 32.1. The fraction of sp³-hybridized carbons (Fsp3) is 0.0469.